The Kier molecular flexibility index (Phi) is 4.89. The first-order valence-corrected chi connectivity index (χ1v) is 6.19. The van der Waals surface area contributed by atoms with Crippen LogP contribution in [-0.2, 0) is 5.75 Å². The van der Waals surface area contributed by atoms with Gasteiger partial charge in [-0.15, -0.1) is 0 Å². The highest BCUT2D eigenvalue weighted by molar-refractivity contribution is 7.99. The Morgan fingerprint density at radius 2 is 2.18 bits per heavy atom. The van der Waals surface area contributed by atoms with Crippen LogP contribution in [0, 0.1) is 15.9 Å². The maximum absolute atomic E-state index is 13.0. The highest BCUT2D eigenvalue weighted by Gasteiger charge is 2.16. The van der Waals surface area contributed by atoms with E-state index in [1.54, 1.807) is 6.92 Å². The topological polar surface area (TPSA) is 63.4 Å². The molecule has 0 aliphatic rings. The predicted octanol–water partition coefficient (Wildman–Crippen LogP) is 2.74. The van der Waals surface area contributed by atoms with E-state index in [-0.39, 0.29) is 10.9 Å². The summed E-state index contributed by atoms with van der Waals surface area (Å²) in [7, 11) is 0. The summed E-state index contributed by atoms with van der Waals surface area (Å²) >= 11 is 1.36. The Morgan fingerprint density at radius 1 is 1.53 bits per heavy atom. The summed E-state index contributed by atoms with van der Waals surface area (Å²) in [5.41, 5.74) is 0.254. The van der Waals surface area contributed by atoms with Gasteiger partial charge in [0.1, 0.15) is 5.82 Å². The molecule has 0 aliphatic carbocycles. The molecule has 1 N–H and O–H groups in total. The molecule has 6 heteroatoms. The minimum absolute atomic E-state index is 0.0575. The molecule has 2 unspecified atom stereocenters. The van der Waals surface area contributed by atoms with E-state index >= 15 is 0 Å². The standard InChI is InChI=1S/C11H14FNO3S/c1-7(14)8(2)17-6-9-5-10(12)3-4-11(9)13(15)16/h3-5,7-8,14H,6H2,1-2H3. The SMILES string of the molecule is CC(O)C(C)SCc1cc(F)ccc1[N+](=O)[O-]. The van der Waals surface area contributed by atoms with Gasteiger partial charge in [-0.25, -0.2) is 4.39 Å². The van der Waals surface area contributed by atoms with Crippen molar-refractivity contribution in [3.63, 3.8) is 0 Å². The Balaban J connectivity index is 2.82. The van der Waals surface area contributed by atoms with Gasteiger partial charge in [-0.05, 0) is 19.1 Å². The van der Waals surface area contributed by atoms with E-state index in [1.807, 2.05) is 6.92 Å². The van der Waals surface area contributed by atoms with Crippen molar-refractivity contribution in [3.8, 4) is 0 Å². The van der Waals surface area contributed by atoms with Crippen LogP contribution in [0.4, 0.5) is 10.1 Å². The Morgan fingerprint density at radius 3 is 2.71 bits per heavy atom. The zero-order valence-corrected chi connectivity index (χ0v) is 10.4. The molecule has 0 saturated heterocycles. The molecule has 0 saturated carbocycles. The van der Waals surface area contributed by atoms with Crippen molar-refractivity contribution in [2.75, 3.05) is 0 Å². The van der Waals surface area contributed by atoms with Gasteiger partial charge in [0.2, 0.25) is 0 Å². The van der Waals surface area contributed by atoms with Crippen molar-refractivity contribution in [1.82, 2.24) is 0 Å². The van der Waals surface area contributed by atoms with E-state index in [4.69, 9.17) is 0 Å². The molecule has 4 nitrogen and oxygen atoms in total. The number of aliphatic hydroxyl groups is 1. The molecule has 1 aromatic carbocycles. The Bertz CT molecular complexity index is 412. The number of nitro benzene ring substituents is 1. The van der Waals surface area contributed by atoms with Crippen LogP contribution in [0.3, 0.4) is 0 Å². The average molecular weight is 259 g/mol. The number of nitrogens with zero attached hydrogens (tertiary/aromatic N) is 1. The van der Waals surface area contributed by atoms with Crippen LogP contribution >= 0.6 is 11.8 Å². The normalized spacial score (nSPS) is 14.4. The minimum atomic E-state index is -0.525. The first-order chi connectivity index (χ1) is 7.91. The first-order valence-electron chi connectivity index (χ1n) is 5.14. The van der Waals surface area contributed by atoms with Crippen LogP contribution in [0.25, 0.3) is 0 Å². The lowest BCUT2D eigenvalue weighted by Gasteiger charge is -2.13. The number of hydrogen-bond acceptors (Lipinski definition) is 4. The molecule has 2 atom stereocenters. The second-order valence-electron chi connectivity index (χ2n) is 3.79. The van der Waals surface area contributed by atoms with Crippen LogP contribution in [0.5, 0.6) is 0 Å². The smallest absolute Gasteiger partial charge is 0.273 e. The van der Waals surface area contributed by atoms with E-state index in [0.29, 0.717) is 11.3 Å². The first kappa shape index (κ1) is 13.9. The van der Waals surface area contributed by atoms with Crippen molar-refractivity contribution >= 4 is 17.4 Å². The summed E-state index contributed by atoms with van der Waals surface area (Å²) in [4.78, 5) is 10.2. The van der Waals surface area contributed by atoms with Gasteiger partial charge in [0.05, 0.1) is 11.0 Å². The van der Waals surface area contributed by atoms with Gasteiger partial charge in [-0.3, -0.25) is 10.1 Å². The Hall–Kier alpha value is -1.14. The lowest BCUT2D eigenvalue weighted by atomic mass is 10.2. The number of nitro groups is 1. The van der Waals surface area contributed by atoms with Crippen molar-refractivity contribution in [2.24, 2.45) is 0 Å². The summed E-state index contributed by atoms with van der Waals surface area (Å²) in [6.45, 7) is 3.47. The van der Waals surface area contributed by atoms with Gasteiger partial charge in [0, 0.05) is 22.6 Å². The van der Waals surface area contributed by atoms with Crippen LogP contribution in [0.15, 0.2) is 18.2 Å². The molecular weight excluding hydrogens is 245 g/mol. The molecule has 0 bridgehead atoms. The van der Waals surface area contributed by atoms with Crippen LogP contribution < -0.4 is 0 Å². The highest BCUT2D eigenvalue weighted by atomic mass is 32.2. The van der Waals surface area contributed by atoms with E-state index in [2.05, 4.69) is 0 Å². The largest absolute Gasteiger partial charge is 0.392 e. The van der Waals surface area contributed by atoms with Gasteiger partial charge < -0.3 is 5.11 Å². The molecule has 0 spiro atoms. The quantitative estimate of drug-likeness (QED) is 0.652. The lowest BCUT2D eigenvalue weighted by molar-refractivity contribution is -0.385. The second kappa shape index (κ2) is 5.97. The van der Waals surface area contributed by atoms with E-state index < -0.39 is 16.8 Å². The monoisotopic (exact) mass is 259 g/mol. The Labute approximate surface area is 103 Å². The molecule has 0 heterocycles. The van der Waals surface area contributed by atoms with Crippen LogP contribution in [0.1, 0.15) is 19.4 Å². The fourth-order valence-electron chi connectivity index (χ4n) is 1.21. The van der Waals surface area contributed by atoms with Gasteiger partial charge in [-0.2, -0.15) is 11.8 Å². The highest BCUT2D eigenvalue weighted by Crippen LogP contribution is 2.27. The van der Waals surface area contributed by atoms with E-state index in [9.17, 15) is 19.6 Å². The maximum atomic E-state index is 13.0. The van der Waals surface area contributed by atoms with Crippen molar-refractivity contribution in [3.05, 3.63) is 39.7 Å². The zero-order chi connectivity index (χ0) is 13.0. The molecule has 94 valence electrons. The number of rotatable bonds is 5. The molecule has 0 amide bonds. The fraction of sp³-hybridized carbons (Fsp3) is 0.455. The van der Waals surface area contributed by atoms with Gasteiger partial charge >= 0.3 is 0 Å². The fourth-order valence-corrected chi connectivity index (χ4v) is 2.16. The molecule has 0 radical (unpaired) electrons. The van der Waals surface area contributed by atoms with E-state index in [1.165, 1.54) is 17.8 Å². The third kappa shape index (κ3) is 3.98. The summed E-state index contributed by atoms with van der Waals surface area (Å²) < 4.78 is 13.0. The number of halogens is 1. The summed E-state index contributed by atoms with van der Waals surface area (Å²) in [5.74, 6) is -0.184. The minimum Gasteiger partial charge on any atom is -0.392 e. The number of aliphatic hydroxyl groups excluding tert-OH is 1. The number of benzene rings is 1. The van der Waals surface area contributed by atoms with Gasteiger partial charge in [0.15, 0.2) is 0 Å². The summed E-state index contributed by atoms with van der Waals surface area (Å²) in [6.07, 6.45) is -0.507. The summed E-state index contributed by atoms with van der Waals surface area (Å²) in [6, 6.07) is 3.41. The molecule has 0 aromatic heterocycles. The van der Waals surface area contributed by atoms with Crippen molar-refractivity contribution in [1.29, 1.82) is 0 Å². The van der Waals surface area contributed by atoms with Crippen molar-refractivity contribution < 1.29 is 14.4 Å². The van der Waals surface area contributed by atoms with Gasteiger partial charge in [-0.1, -0.05) is 6.92 Å². The van der Waals surface area contributed by atoms with E-state index in [0.717, 1.165) is 12.1 Å². The molecular formula is C11H14FNO3S. The third-order valence-electron chi connectivity index (χ3n) is 2.42. The van der Waals surface area contributed by atoms with Crippen molar-refractivity contribution in [2.45, 2.75) is 31.0 Å². The lowest BCUT2D eigenvalue weighted by Crippen LogP contribution is -2.15. The average Bonchev–Trinajstić information content (AvgIpc) is 2.25. The second-order valence-corrected chi connectivity index (χ2v) is 5.15. The maximum Gasteiger partial charge on any atom is 0.273 e. The molecule has 1 aromatic rings. The number of hydrogen-bond donors (Lipinski definition) is 1. The molecule has 17 heavy (non-hydrogen) atoms. The number of thioether (sulfide) groups is 1. The predicted molar refractivity (Wildman–Crippen MR) is 65.5 cm³/mol. The van der Waals surface area contributed by atoms with Gasteiger partial charge in [0.25, 0.3) is 5.69 Å². The summed E-state index contributed by atoms with van der Waals surface area (Å²) in [5, 5.41) is 20.0. The van der Waals surface area contributed by atoms with Crippen LogP contribution in [-0.4, -0.2) is 21.4 Å². The third-order valence-corrected chi connectivity index (χ3v) is 3.82. The molecule has 0 fully saturated rings. The zero-order valence-electron chi connectivity index (χ0n) is 9.59. The molecule has 1 rings (SSSR count). The van der Waals surface area contributed by atoms with Crippen LogP contribution in [0.2, 0.25) is 0 Å². The molecule has 0 aliphatic heterocycles.